The van der Waals surface area contributed by atoms with Gasteiger partial charge in [-0.25, -0.2) is 0 Å². The van der Waals surface area contributed by atoms with Gasteiger partial charge in [0, 0.05) is 24.6 Å². The molecule has 2 aromatic rings. The number of amides is 1. The van der Waals surface area contributed by atoms with E-state index in [1.54, 1.807) is 37.5 Å². The van der Waals surface area contributed by atoms with E-state index in [4.69, 9.17) is 4.74 Å². The van der Waals surface area contributed by atoms with Crippen LogP contribution in [0.4, 0.5) is 11.4 Å². The Labute approximate surface area is 118 Å². The van der Waals surface area contributed by atoms with E-state index in [2.05, 4.69) is 15.6 Å². The zero-order valence-electron chi connectivity index (χ0n) is 11.5. The van der Waals surface area contributed by atoms with Crippen molar-refractivity contribution < 1.29 is 9.53 Å². The molecule has 5 nitrogen and oxygen atoms in total. The second kappa shape index (κ2) is 6.56. The quantitative estimate of drug-likeness (QED) is 0.877. The van der Waals surface area contributed by atoms with Crippen molar-refractivity contribution in [2.45, 2.75) is 6.92 Å². The van der Waals surface area contributed by atoms with Gasteiger partial charge in [0.1, 0.15) is 11.4 Å². The first-order valence-corrected chi connectivity index (χ1v) is 6.41. The van der Waals surface area contributed by atoms with E-state index >= 15 is 0 Å². The van der Waals surface area contributed by atoms with Crippen molar-refractivity contribution in [1.29, 1.82) is 0 Å². The van der Waals surface area contributed by atoms with Crippen LogP contribution < -0.4 is 15.4 Å². The molecule has 1 aromatic heterocycles. The Balaban J connectivity index is 2.06. The molecular weight excluding hydrogens is 254 g/mol. The van der Waals surface area contributed by atoms with Gasteiger partial charge < -0.3 is 15.4 Å². The van der Waals surface area contributed by atoms with Crippen molar-refractivity contribution in [3.63, 3.8) is 0 Å². The second-order valence-electron chi connectivity index (χ2n) is 4.09. The van der Waals surface area contributed by atoms with Gasteiger partial charge in [-0.05, 0) is 43.3 Å². The number of anilines is 2. The molecule has 0 unspecified atom stereocenters. The summed E-state index contributed by atoms with van der Waals surface area (Å²) < 4.78 is 5.35. The monoisotopic (exact) mass is 271 g/mol. The number of hydrogen-bond donors (Lipinski definition) is 2. The van der Waals surface area contributed by atoms with Crippen molar-refractivity contribution in [2.75, 3.05) is 24.3 Å². The summed E-state index contributed by atoms with van der Waals surface area (Å²) in [5.74, 6) is 0.534. The Morgan fingerprint density at radius 2 is 1.95 bits per heavy atom. The first-order valence-electron chi connectivity index (χ1n) is 6.41. The third-order valence-corrected chi connectivity index (χ3v) is 2.70. The van der Waals surface area contributed by atoms with E-state index < -0.39 is 0 Å². The van der Waals surface area contributed by atoms with Crippen LogP contribution in [0, 0.1) is 0 Å². The van der Waals surface area contributed by atoms with E-state index in [9.17, 15) is 4.79 Å². The third-order valence-electron chi connectivity index (χ3n) is 2.70. The maximum atomic E-state index is 12.1. The van der Waals surface area contributed by atoms with E-state index in [1.165, 1.54) is 0 Å². The number of rotatable bonds is 5. The fourth-order valence-electron chi connectivity index (χ4n) is 1.71. The van der Waals surface area contributed by atoms with Gasteiger partial charge in [-0.15, -0.1) is 0 Å². The first-order chi connectivity index (χ1) is 9.72. The molecule has 0 atom stereocenters. The lowest BCUT2D eigenvalue weighted by Gasteiger charge is -2.07. The molecule has 0 bridgehead atoms. The van der Waals surface area contributed by atoms with Crippen LogP contribution in [0.5, 0.6) is 5.75 Å². The van der Waals surface area contributed by atoms with Crippen molar-refractivity contribution in [3.8, 4) is 5.75 Å². The number of benzene rings is 1. The molecule has 0 saturated heterocycles. The Morgan fingerprint density at radius 1 is 1.20 bits per heavy atom. The third kappa shape index (κ3) is 3.47. The SMILES string of the molecule is CCOc1ccc(NC(=O)c2cc(NC)ccn2)cc1. The van der Waals surface area contributed by atoms with Gasteiger partial charge in [-0.2, -0.15) is 0 Å². The van der Waals surface area contributed by atoms with Gasteiger partial charge in [-0.3, -0.25) is 9.78 Å². The minimum Gasteiger partial charge on any atom is -0.494 e. The summed E-state index contributed by atoms with van der Waals surface area (Å²) in [5.41, 5.74) is 1.91. The van der Waals surface area contributed by atoms with Gasteiger partial charge in [-0.1, -0.05) is 0 Å². The molecule has 0 fully saturated rings. The average molecular weight is 271 g/mol. The highest BCUT2D eigenvalue weighted by Gasteiger charge is 2.08. The minimum atomic E-state index is -0.244. The molecule has 20 heavy (non-hydrogen) atoms. The normalized spacial score (nSPS) is 9.90. The smallest absolute Gasteiger partial charge is 0.274 e. The van der Waals surface area contributed by atoms with E-state index in [1.807, 2.05) is 19.1 Å². The van der Waals surface area contributed by atoms with Crippen LogP contribution in [0.15, 0.2) is 42.6 Å². The molecule has 2 N–H and O–H groups in total. The van der Waals surface area contributed by atoms with Gasteiger partial charge >= 0.3 is 0 Å². The number of hydrogen-bond acceptors (Lipinski definition) is 4. The van der Waals surface area contributed by atoms with Crippen LogP contribution in [-0.4, -0.2) is 24.5 Å². The molecule has 1 aromatic carbocycles. The summed E-state index contributed by atoms with van der Waals surface area (Å²) >= 11 is 0. The van der Waals surface area contributed by atoms with Crippen molar-refractivity contribution >= 4 is 17.3 Å². The standard InChI is InChI=1S/C15H17N3O2/c1-3-20-13-6-4-11(5-7-13)18-15(19)14-10-12(16-2)8-9-17-14/h4-10H,3H2,1-2H3,(H,16,17)(H,18,19). The summed E-state index contributed by atoms with van der Waals surface area (Å²) in [6, 6.07) is 10.7. The van der Waals surface area contributed by atoms with Gasteiger partial charge in [0.05, 0.1) is 6.61 Å². The van der Waals surface area contributed by atoms with E-state index in [0.29, 0.717) is 18.0 Å². The van der Waals surface area contributed by atoms with Crippen LogP contribution >= 0.6 is 0 Å². The average Bonchev–Trinajstić information content (AvgIpc) is 2.49. The summed E-state index contributed by atoms with van der Waals surface area (Å²) in [6.07, 6.45) is 1.60. The Bertz CT molecular complexity index is 582. The maximum absolute atomic E-state index is 12.1. The Hall–Kier alpha value is -2.56. The molecule has 0 saturated carbocycles. The van der Waals surface area contributed by atoms with Crippen molar-refractivity contribution in [3.05, 3.63) is 48.3 Å². The van der Waals surface area contributed by atoms with E-state index in [-0.39, 0.29) is 5.91 Å². The topological polar surface area (TPSA) is 63.2 Å². The lowest BCUT2D eigenvalue weighted by molar-refractivity contribution is 0.102. The molecule has 1 heterocycles. The molecule has 0 aliphatic carbocycles. The Morgan fingerprint density at radius 3 is 2.60 bits per heavy atom. The molecule has 104 valence electrons. The first kappa shape index (κ1) is 13.9. The predicted molar refractivity (Wildman–Crippen MR) is 79.3 cm³/mol. The molecule has 5 heteroatoms. The van der Waals surface area contributed by atoms with Gasteiger partial charge in [0.15, 0.2) is 0 Å². The fraction of sp³-hybridized carbons (Fsp3) is 0.200. The number of nitrogens with one attached hydrogen (secondary N) is 2. The number of carbonyl (C=O) groups is 1. The highest BCUT2D eigenvalue weighted by Crippen LogP contribution is 2.16. The molecule has 0 spiro atoms. The predicted octanol–water partition coefficient (Wildman–Crippen LogP) is 2.77. The number of pyridine rings is 1. The number of ether oxygens (including phenoxy) is 1. The van der Waals surface area contributed by atoms with Crippen LogP contribution in [0.1, 0.15) is 17.4 Å². The van der Waals surface area contributed by atoms with Crippen LogP contribution in [0.25, 0.3) is 0 Å². The van der Waals surface area contributed by atoms with Crippen molar-refractivity contribution in [2.24, 2.45) is 0 Å². The molecule has 2 rings (SSSR count). The van der Waals surface area contributed by atoms with Gasteiger partial charge in [0.25, 0.3) is 5.91 Å². The maximum Gasteiger partial charge on any atom is 0.274 e. The van der Waals surface area contributed by atoms with Crippen LogP contribution in [-0.2, 0) is 0 Å². The summed E-state index contributed by atoms with van der Waals surface area (Å²) in [4.78, 5) is 16.1. The summed E-state index contributed by atoms with van der Waals surface area (Å²) in [7, 11) is 1.80. The molecule has 1 amide bonds. The number of carbonyl (C=O) groups excluding carboxylic acids is 1. The highest BCUT2D eigenvalue weighted by atomic mass is 16.5. The number of aromatic nitrogens is 1. The fourth-order valence-corrected chi connectivity index (χ4v) is 1.71. The zero-order chi connectivity index (χ0) is 14.4. The van der Waals surface area contributed by atoms with Crippen LogP contribution in [0.2, 0.25) is 0 Å². The Kier molecular flexibility index (Phi) is 4.55. The van der Waals surface area contributed by atoms with E-state index in [0.717, 1.165) is 11.4 Å². The van der Waals surface area contributed by atoms with Crippen molar-refractivity contribution in [1.82, 2.24) is 4.98 Å². The summed E-state index contributed by atoms with van der Waals surface area (Å²) in [5, 5.41) is 5.77. The second-order valence-corrected chi connectivity index (χ2v) is 4.09. The molecule has 0 aliphatic rings. The largest absolute Gasteiger partial charge is 0.494 e. The summed E-state index contributed by atoms with van der Waals surface area (Å²) in [6.45, 7) is 2.54. The van der Waals surface area contributed by atoms with Gasteiger partial charge in [0.2, 0.25) is 0 Å². The molecule has 0 aliphatic heterocycles. The number of nitrogens with zero attached hydrogens (tertiary/aromatic N) is 1. The lowest BCUT2D eigenvalue weighted by atomic mass is 10.2. The molecular formula is C15H17N3O2. The molecule has 0 radical (unpaired) electrons. The van der Waals surface area contributed by atoms with Crippen LogP contribution in [0.3, 0.4) is 0 Å². The lowest BCUT2D eigenvalue weighted by Crippen LogP contribution is -2.13. The minimum absolute atomic E-state index is 0.244. The zero-order valence-corrected chi connectivity index (χ0v) is 11.5. The highest BCUT2D eigenvalue weighted by molar-refractivity contribution is 6.03.